The molecule has 0 bridgehead atoms. The first-order chi connectivity index (χ1) is 13.5. The molecule has 4 rings (SSSR count). The fraction of sp³-hybridized carbons (Fsp3) is 0.591. The van der Waals surface area contributed by atoms with Crippen molar-refractivity contribution < 1.29 is 17.9 Å². The van der Waals surface area contributed by atoms with Crippen molar-refractivity contribution in [1.82, 2.24) is 9.88 Å². The number of hydrogen-bond donors (Lipinski definition) is 0. The molecule has 2 aromatic rings. The summed E-state index contributed by atoms with van der Waals surface area (Å²) in [6.45, 7) is 3.17. The molecule has 152 valence electrons. The number of ether oxygens (including phenoxy) is 1. The zero-order valence-corrected chi connectivity index (χ0v) is 16.0. The summed E-state index contributed by atoms with van der Waals surface area (Å²) in [5.74, 6) is -0.458. The van der Waals surface area contributed by atoms with Gasteiger partial charge in [-0.2, -0.15) is 13.2 Å². The monoisotopic (exact) mass is 392 g/mol. The number of likely N-dealkylation sites (tertiary alicyclic amines) is 1. The van der Waals surface area contributed by atoms with E-state index in [0.717, 1.165) is 36.2 Å². The second kappa shape index (κ2) is 8.27. The summed E-state index contributed by atoms with van der Waals surface area (Å²) in [6, 6.07) is 9.91. The van der Waals surface area contributed by atoms with Gasteiger partial charge in [-0.25, -0.2) is 0 Å². The summed E-state index contributed by atoms with van der Waals surface area (Å²) in [5, 5.41) is 1.00. The number of hydrogen-bond acceptors (Lipinski definition) is 3. The highest BCUT2D eigenvalue weighted by Crippen LogP contribution is 2.38. The van der Waals surface area contributed by atoms with Crippen LogP contribution in [0, 0.1) is 5.92 Å². The maximum atomic E-state index is 12.8. The quantitative estimate of drug-likeness (QED) is 0.665. The Morgan fingerprint density at radius 3 is 2.43 bits per heavy atom. The number of halogens is 3. The van der Waals surface area contributed by atoms with Gasteiger partial charge < -0.3 is 4.74 Å². The van der Waals surface area contributed by atoms with Gasteiger partial charge in [0.15, 0.2) is 0 Å². The molecule has 0 radical (unpaired) electrons. The van der Waals surface area contributed by atoms with Crippen LogP contribution in [0.4, 0.5) is 13.2 Å². The van der Waals surface area contributed by atoms with Crippen LogP contribution in [-0.4, -0.2) is 35.3 Å². The maximum Gasteiger partial charge on any atom is 0.391 e. The number of aromatic nitrogens is 1. The Morgan fingerprint density at radius 1 is 0.964 bits per heavy atom. The number of pyridine rings is 1. The zero-order chi connectivity index (χ0) is 19.6. The van der Waals surface area contributed by atoms with Crippen LogP contribution in [0.2, 0.25) is 0 Å². The predicted molar refractivity (Wildman–Crippen MR) is 103 cm³/mol. The maximum absolute atomic E-state index is 12.8. The number of benzene rings is 1. The van der Waals surface area contributed by atoms with E-state index in [9.17, 15) is 13.2 Å². The zero-order valence-electron chi connectivity index (χ0n) is 16.0. The van der Waals surface area contributed by atoms with Crippen molar-refractivity contribution in [2.75, 3.05) is 13.1 Å². The number of fused-ring (bicyclic) bond motifs is 1. The number of nitrogens with zero attached hydrogens (tertiary/aromatic N) is 2. The molecule has 2 aliphatic rings. The van der Waals surface area contributed by atoms with Crippen molar-refractivity contribution in [3.63, 3.8) is 0 Å². The summed E-state index contributed by atoms with van der Waals surface area (Å²) >= 11 is 0. The third-order valence-corrected chi connectivity index (χ3v) is 5.99. The van der Waals surface area contributed by atoms with Crippen molar-refractivity contribution in [3.05, 3.63) is 36.0 Å². The Labute approximate surface area is 163 Å². The van der Waals surface area contributed by atoms with Gasteiger partial charge >= 0.3 is 6.18 Å². The van der Waals surface area contributed by atoms with E-state index in [1.165, 1.54) is 19.3 Å². The van der Waals surface area contributed by atoms with Crippen molar-refractivity contribution in [2.24, 2.45) is 5.92 Å². The molecule has 0 atom stereocenters. The van der Waals surface area contributed by atoms with Gasteiger partial charge in [0.25, 0.3) is 0 Å². The molecule has 2 fully saturated rings. The molecule has 0 spiro atoms. The third kappa shape index (κ3) is 4.77. The molecule has 1 aliphatic carbocycles. The number of rotatable bonds is 4. The lowest BCUT2D eigenvalue weighted by Crippen LogP contribution is -2.31. The SMILES string of the molecule is FC(F)(F)C1CCC(Oc2ccc3nc(CN4CCCCC4)ccc3c2)CC1. The minimum atomic E-state index is -4.08. The van der Waals surface area contributed by atoms with Crippen LogP contribution < -0.4 is 4.74 Å². The van der Waals surface area contributed by atoms with Crippen molar-refractivity contribution >= 4 is 10.9 Å². The molecule has 1 aromatic heterocycles. The van der Waals surface area contributed by atoms with Gasteiger partial charge in [0.2, 0.25) is 0 Å². The van der Waals surface area contributed by atoms with E-state index in [4.69, 9.17) is 9.72 Å². The molecule has 1 aliphatic heterocycles. The molecule has 0 unspecified atom stereocenters. The Hall–Kier alpha value is -1.82. The average Bonchev–Trinajstić information content (AvgIpc) is 2.69. The molecular weight excluding hydrogens is 365 g/mol. The summed E-state index contributed by atoms with van der Waals surface area (Å²) in [6.07, 6.45) is 0.852. The predicted octanol–water partition coefficient (Wildman–Crippen LogP) is 5.72. The minimum Gasteiger partial charge on any atom is -0.490 e. The highest BCUT2D eigenvalue weighted by Gasteiger charge is 2.41. The molecule has 28 heavy (non-hydrogen) atoms. The molecule has 2 heterocycles. The summed E-state index contributed by atoms with van der Waals surface area (Å²) in [4.78, 5) is 7.22. The molecule has 3 nitrogen and oxygen atoms in total. The summed E-state index contributed by atoms with van der Waals surface area (Å²) in [7, 11) is 0. The van der Waals surface area contributed by atoms with Gasteiger partial charge in [0, 0.05) is 11.9 Å². The minimum absolute atomic E-state index is 0.137. The molecule has 0 amide bonds. The summed E-state index contributed by atoms with van der Waals surface area (Å²) < 4.78 is 44.4. The lowest BCUT2D eigenvalue weighted by Gasteiger charge is -2.30. The largest absolute Gasteiger partial charge is 0.490 e. The van der Waals surface area contributed by atoms with E-state index in [1.807, 2.05) is 18.2 Å². The van der Waals surface area contributed by atoms with Crippen LogP contribution in [0.15, 0.2) is 30.3 Å². The number of alkyl halides is 3. The Bertz CT molecular complexity index is 794. The molecule has 1 saturated heterocycles. The topological polar surface area (TPSA) is 25.4 Å². The van der Waals surface area contributed by atoms with E-state index >= 15 is 0 Å². The lowest BCUT2D eigenvalue weighted by atomic mass is 9.87. The first-order valence-electron chi connectivity index (χ1n) is 10.3. The van der Waals surface area contributed by atoms with Gasteiger partial charge in [0.05, 0.1) is 23.2 Å². The highest BCUT2D eigenvalue weighted by molar-refractivity contribution is 5.80. The molecule has 1 aromatic carbocycles. The van der Waals surface area contributed by atoms with Crippen LogP contribution in [0.3, 0.4) is 0 Å². The fourth-order valence-electron chi connectivity index (χ4n) is 4.35. The first-order valence-corrected chi connectivity index (χ1v) is 10.3. The Morgan fingerprint density at radius 2 is 1.71 bits per heavy atom. The highest BCUT2D eigenvalue weighted by atomic mass is 19.4. The van der Waals surface area contributed by atoms with Crippen LogP contribution in [-0.2, 0) is 6.54 Å². The molecule has 6 heteroatoms. The summed E-state index contributed by atoms with van der Waals surface area (Å²) in [5.41, 5.74) is 2.01. The molecule has 1 saturated carbocycles. The van der Waals surface area contributed by atoms with E-state index < -0.39 is 12.1 Å². The standard InChI is InChI=1S/C22H27F3N2O/c23-22(24,25)17-5-8-19(9-6-17)28-20-10-11-21-16(14-20)4-7-18(26-21)15-27-12-2-1-3-13-27/h4,7,10-11,14,17,19H,1-3,5-6,8-9,12-13,15H2. The van der Waals surface area contributed by atoms with Crippen LogP contribution in [0.25, 0.3) is 10.9 Å². The Kier molecular flexibility index (Phi) is 5.76. The van der Waals surface area contributed by atoms with Gasteiger partial charge in [-0.3, -0.25) is 9.88 Å². The molecule has 0 N–H and O–H groups in total. The van der Waals surface area contributed by atoms with Gasteiger partial charge in [0.1, 0.15) is 5.75 Å². The fourth-order valence-corrected chi connectivity index (χ4v) is 4.35. The Balaban J connectivity index is 1.37. The van der Waals surface area contributed by atoms with Crippen molar-refractivity contribution in [2.45, 2.75) is 63.8 Å². The second-order valence-electron chi connectivity index (χ2n) is 8.13. The normalized spacial score (nSPS) is 24.4. The first kappa shape index (κ1) is 19.5. The number of piperidine rings is 1. The van der Waals surface area contributed by atoms with E-state index in [0.29, 0.717) is 18.6 Å². The van der Waals surface area contributed by atoms with Gasteiger partial charge in [-0.05, 0) is 75.9 Å². The second-order valence-corrected chi connectivity index (χ2v) is 8.13. The van der Waals surface area contributed by atoms with Crippen molar-refractivity contribution in [1.29, 1.82) is 0 Å². The van der Waals surface area contributed by atoms with Crippen LogP contribution >= 0.6 is 0 Å². The van der Waals surface area contributed by atoms with E-state index in [2.05, 4.69) is 17.0 Å². The van der Waals surface area contributed by atoms with Crippen LogP contribution in [0.5, 0.6) is 5.75 Å². The van der Waals surface area contributed by atoms with Gasteiger partial charge in [-0.1, -0.05) is 12.5 Å². The average molecular weight is 392 g/mol. The molecular formula is C22H27F3N2O. The third-order valence-electron chi connectivity index (χ3n) is 5.99. The van der Waals surface area contributed by atoms with E-state index in [1.54, 1.807) is 0 Å². The lowest BCUT2D eigenvalue weighted by molar-refractivity contribution is -0.185. The van der Waals surface area contributed by atoms with Crippen LogP contribution in [0.1, 0.15) is 50.6 Å². The van der Waals surface area contributed by atoms with Gasteiger partial charge in [-0.15, -0.1) is 0 Å². The van der Waals surface area contributed by atoms with E-state index in [-0.39, 0.29) is 18.9 Å². The smallest absolute Gasteiger partial charge is 0.391 e. The van der Waals surface area contributed by atoms with Crippen molar-refractivity contribution in [3.8, 4) is 5.75 Å².